The van der Waals surface area contributed by atoms with Gasteiger partial charge in [-0.15, -0.1) is 0 Å². The molecule has 15 heavy (non-hydrogen) atoms. The summed E-state index contributed by atoms with van der Waals surface area (Å²) in [6.45, 7) is 2.25. The van der Waals surface area contributed by atoms with Crippen molar-refractivity contribution >= 4 is 11.6 Å². The van der Waals surface area contributed by atoms with E-state index in [4.69, 9.17) is 16.9 Å². The van der Waals surface area contributed by atoms with Crippen LogP contribution in [-0.2, 0) is 6.54 Å². The molecule has 2 nitrogen and oxygen atoms in total. The molecule has 1 aromatic carbocycles. The van der Waals surface area contributed by atoms with Crippen LogP contribution in [0.15, 0.2) is 18.2 Å². The molecule has 0 aliphatic heterocycles. The summed E-state index contributed by atoms with van der Waals surface area (Å²) in [6.07, 6.45) is 0. The molecule has 4 heteroatoms. The van der Waals surface area contributed by atoms with Crippen molar-refractivity contribution in [1.82, 2.24) is 4.90 Å². The zero-order chi connectivity index (χ0) is 11.4. The highest BCUT2D eigenvalue weighted by Gasteiger charge is 2.11. The highest BCUT2D eigenvalue weighted by Crippen LogP contribution is 2.21. The third-order valence-electron chi connectivity index (χ3n) is 2.30. The van der Waals surface area contributed by atoms with E-state index in [0.29, 0.717) is 12.1 Å². The van der Waals surface area contributed by atoms with E-state index in [1.54, 1.807) is 31.0 Å². The molecule has 1 aromatic rings. The van der Waals surface area contributed by atoms with Crippen molar-refractivity contribution in [3.63, 3.8) is 0 Å². The zero-order valence-corrected chi connectivity index (χ0v) is 9.42. The second kappa shape index (κ2) is 5.11. The Kier molecular flexibility index (Phi) is 4.07. The molecule has 1 rings (SSSR count). The van der Waals surface area contributed by atoms with Crippen molar-refractivity contribution < 1.29 is 4.39 Å². The average molecular weight is 227 g/mol. The van der Waals surface area contributed by atoms with Gasteiger partial charge in [-0.1, -0.05) is 23.7 Å². The summed E-state index contributed by atoms with van der Waals surface area (Å²) in [5.41, 5.74) is 0.696. The second-order valence-corrected chi connectivity index (χ2v) is 3.81. The van der Waals surface area contributed by atoms with Gasteiger partial charge >= 0.3 is 0 Å². The van der Waals surface area contributed by atoms with Gasteiger partial charge in [0, 0.05) is 6.54 Å². The minimum Gasteiger partial charge on any atom is -0.287 e. The van der Waals surface area contributed by atoms with Crippen molar-refractivity contribution in [3.05, 3.63) is 34.6 Å². The lowest BCUT2D eigenvalue weighted by molar-refractivity contribution is 0.294. The van der Waals surface area contributed by atoms with Gasteiger partial charge in [-0.2, -0.15) is 5.26 Å². The molecule has 0 amide bonds. The Labute approximate surface area is 93.9 Å². The van der Waals surface area contributed by atoms with Gasteiger partial charge in [0.25, 0.3) is 0 Å². The largest absolute Gasteiger partial charge is 0.287 e. The van der Waals surface area contributed by atoms with Crippen molar-refractivity contribution in [2.75, 3.05) is 7.05 Å². The number of nitrogens with zero attached hydrogens (tertiary/aromatic N) is 2. The van der Waals surface area contributed by atoms with E-state index in [0.717, 1.165) is 0 Å². The second-order valence-electron chi connectivity index (χ2n) is 3.43. The quantitative estimate of drug-likeness (QED) is 0.793. The fourth-order valence-electron chi connectivity index (χ4n) is 1.17. The first-order chi connectivity index (χ1) is 7.06. The van der Waals surface area contributed by atoms with Gasteiger partial charge in [-0.25, -0.2) is 4.39 Å². The SMILES string of the molecule is CC(C#N)N(C)Cc1cccc(F)c1Cl. The van der Waals surface area contributed by atoms with Gasteiger partial charge < -0.3 is 0 Å². The number of halogens is 2. The molecule has 0 aliphatic carbocycles. The van der Waals surface area contributed by atoms with Crippen LogP contribution in [-0.4, -0.2) is 18.0 Å². The Bertz CT molecular complexity index is 387. The smallest absolute Gasteiger partial charge is 0.142 e. The van der Waals surface area contributed by atoms with E-state index >= 15 is 0 Å². The maximum Gasteiger partial charge on any atom is 0.142 e. The van der Waals surface area contributed by atoms with Crippen LogP contribution in [0.2, 0.25) is 5.02 Å². The van der Waals surface area contributed by atoms with E-state index in [-0.39, 0.29) is 11.1 Å². The molecule has 0 radical (unpaired) electrons. The summed E-state index contributed by atoms with van der Waals surface area (Å²) in [7, 11) is 1.80. The van der Waals surface area contributed by atoms with Crippen LogP contribution in [0.5, 0.6) is 0 Å². The molecular formula is C11H12ClFN2. The molecular weight excluding hydrogens is 215 g/mol. The molecule has 0 fully saturated rings. The Morgan fingerprint density at radius 2 is 2.27 bits per heavy atom. The molecule has 0 aliphatic rings. The zero-order valence-electron chi connectivity index (χ0n) is 8.67. The predicted octanol–water partition coefficient (Wildman–Crippen LogP) is 2.82. The lowest BCUT2D eigenvalue weighted by Crippen LogP contribution is -2.27. The Hall–Kier alpha value is -1.11. The van der Waals surface area contributed by atoms with Gasteiger partial charge in [0.05, 0.1) is 17.1 Å². The van der Waals surface area contributed by atoms with Crippen LogP contribution in [0.1, 0.15) is 12.5 Å². The number of benzene rings is 1. The van der Waals surface area contributed by atoms with Crippen LogP contribution in [0.4, 0.5) is 4.39 Å². The summed E-state index contributed by atoms with van der Waals surface area (Å²) < 4.78 is 13.1. The van der Waals surface area contributed by atoms with Gasteiger partial charge in [-0.3, -0.25) is 4.90 Å². The highest BCUT2D eigenvalue weighted by atomic mass is 35.5. The summed E-state index contributed by atoms with van der Waals surface area (Å²) in [4.78, 5) is 1.81. The van der Waals surface area contributed by atoms with E-state index in [9.17, 15) is 4.39 Å². The molecule has 1 unspecified atom stereocenters. The third-order valence-corrected chi connectivity index (χ3v) is 2.72. The lowest BCUT2D eigenvalue weighted by Gasteiger charge is -2.19. The van der Waals surface area contributed by atoms with E-state index < -0.39 is 5.82 Å². The fourth-order valence-corrected chi connectivity index (χ4v) is 1.36. The molecule has 0 heterocycles. The number of hydrogen-bond donors (Lipinski definition) is 0. The third kappa shape index (κ3) is 2.92. The highest BCUT2D eigenvalue weighted by molar-refractivity contribution is 6.31. The first-order valence-corrected chi connectivity index (χ1v) is 4.96. The van der Waals surface area contributed by atoms with Crippen molar-refractivity contribution in [3.8, 4) is 6.07 Å². The van der Waals surface area contributed by atoms with Crippen LogP contribution in [0.3, 0.4) is 0 Å². The number of hydrogen-bond acceptors (Lipinski definition) is 2. The van der Waals surface area contributed by atoms with E-state index in [2.05, 4.69) is 6.07 Å². The van der Waals surface area contributed by atoms with Crippen molar-refractivity contribution in [2.45, 2.75) is 19.5 Å². The number of nitriles is 1. The molecule has 80 valence electrons. The van der Waals surface area contributed by atoms with Crippen molar-refractivity contribution in [1.29, 1.82) is 5.26 Å². The first kappa shape index (κ1) is 12.0. The Balaban J connectivity index is 2.82. The molecule has 0 spiro atoms. The van der Waals surface area contributed by atoms with Gasteiger partial charge in [0.2, 0.25) is 0 Å². The molecule has 0 saturated carbocycles. The van der Waals surface area contributed by atoms with Crippen LogP contribution in [0.25, 0.3) is 0 Å². The molecule has 0 aromatic heterocycles. The summed E-state index contributed by atoms with van der Waals surface area (Å²) in [6, 6.07) is 6.58. The van der Waals surface area contributed by atoms with Crippen molar-refractivity contribution in [2.24, 2.45) is 0 Å². The fraction of sp³-hybridized carbons (Fsp3) is 0.364. The van der Waals surface area contributed by atoms with Crippen LogP contribution < -0.4 is 0 Å². The molecule has 0 saturated heterocycles. The summed E-state index contributed by atoms with van der Waals surface area (Å²) >= 11 is 5.80. The van der Waals surface area contributed by atoms with Gasteiger partial charge in [0.15, 0.2) is 0 Å². The Morgan fingerprint density at radius 1 is 1.60 bits per heavy atom. The summed E-state index contributed by atoms with van der Waals surface area (Å²) in [5, 5.41) is 8.84. The normalized spacial score (nSPS) is 12.5. The van der Waals surface area contributed by atoms with Gasteiger partial charge in [-0.05, 0) is 25.6 Å². The van der Waals surface area contributed by atoms with Crippen LogP contribution >= 0.6 is 11.6 Å². The lowest BCUT2D eigenvalue weighted by atomic mass is 10.2. The van der Waals surface area contributed by atoms with E-state index in [1.807, 2.05) is 0 Å². The van der Waals surface area contributed by atoms with Crippen LogP contribution in [0, 0.1) is 17.1 Å². The van der Waals surface area contributed by atoms with E-state index in [1.165, 1.54) is 6.07 Å². The summed E-state index contributed by atoms with van der Waals surface area (Å²) in [5.74, 6) is -0.424. The average Bonchev–Trinajstić information content (AvgIpc) is 2.23. The topological polar surface area (TPSA) is 27.0 Å². The first-order valence-electron chi connectivity index (χ1n) is 4.59. The standard InChI is InChI=1S/C11H12ClFN2/c1-8(6-14)15(2)7-9-4-3-5-10(13)11(9)12/h3-5,8H,7H2,1-2H3. The number of rotatable bonds is 3. The van der Waals surface area contributed by atoms with Gasteiger partial charge in [0.1, 0.15) is 5.82 Å². The molecule has 1 atom stereocenters. The maximum absolute atomic E-state index is 13.1. The Morgan fingerprint density at radius 3 is 2.87 bits per heavy atom. The predicted molar refractivity (Wildman–Crippen MR) is 58.0 cm³/mol. The maximum atomic E-state index is 13.1. The minimum absolute atomic E-state index is 0.134. The molecule has 0 N–H and O–H groups in total. The molecule has 0 bridgehead atoms. The minimum atomic E-state index is -0.424. The monoisotopic (exact) mass is 226 g/mol.